The summed E-state index contributed by atoms with van der Waals surface area (Å²) >= 11 is 0. The zero-order valence-electron chi connectivity index (χ0n) is 17.5. The maximum Gasteiger partial charge on any atom is 0.293 e. The zero-order valence-corrected chi connectivity index (χ0v) is 17.5. The van der Waals surface area contributed by atoms with Crippen molar-refractivity contribution in [3.05, 3.63) is 52.3 Å². The third-order valence-electron chi connectivity index (χ3n) is 5.80. The van der Waals surface area contributed by atoms with Crippen molar-refractivity contribution in [3.8, 4) is 5.69 Å². The van der Waals surface area contributed by atoms with Crippen molar-refractivity contribution in [3.63, 3.8) is 0 Å². The van der Waals surface area contributed by atoms with Crippen molar-refractivity contribution in [1.82, 2.24) is 24.5 Å². The quantitative estimate of drug-likeness (QED) is 0.640. The van der Waals surface area contributed by atoms with E-state index in [0.717, 1.165) is 18.5 Å². The minimum Gasteiger partial charge on any atom is -0.372 e. The number of carbonyl (C=O) groups is 1. The molecule has 162 valence electrons. The molecule has 0 radical (unpaired) electrons. The molecule has 5 rings (SSSR count). The predicted molar refractivity (Wildman–Crippen MR) is 112 cm³/mol. The molecule has 1 aliphatic carbocycles. The van der Waals surface area contributed by atoms with Crippen molar-refractivity contribution in [2.45, 2.75) is 51.4 Å². The van der Waals surface area contributed by atoms with Gasteiger partial charge in [0.15, 0.2) is 0 Å². The number of hydrogen-bond acceptors (Lipinski definition) is 5. The Balaban J connectivity index is 1.56. The summed E-state index contributed by atoms with van der Waals surface area (Å²) in [7, 11) is 0. The number of hydrogen-bond donors (Lipinski definition) is 0. The van der Waals surface area contributed by atoms with Gasteiger partial charge in [0.1, 0.15) is 17.9 Å². The van der Waals surface area contributed by atoms with Crippen LogP contribution in [0.5, 0.6) is 0 Å². The lowest BCUT2D eigenvalue weighted by Gasteiger charge is -2.35. The molecule has 2 atom stereocenters. The Kier molecular flexibility index (Phi) is 4.85. The molecule has 8 nitrogen and oxygen atoms in total. The highest BCUT2D eigenvalue weighted by Crippen LogP contribution is 2.41. The third-order valence-corrected chi connectivity index (χ3v) is 5.80. The summed E-state index contributed by atoms with van der Waals surface area (Å²) in [5.74, 6) is -0.262. The number of rotatable bonds is 4. The van der Waals surface area contributed by atoms with Crippen molar-refractivity contribution >= 4 is 16.8 Å². The van der Waals surface area contributed by atoms with Crippen LogP contribution in [0, 0.1) is 5.82 Å². The second-order valence-electron chi connectivity index (χ2n) is 8.47. The topological polar surface area (TPSA) is 82.3 Å². The fraction of sp³-hybridized carbons (Fsp3) is 0.455. The second kappa shape index (κ2) is 7.56. The van der Waals surface area contributed by atoms with Gasteiger partial charge in [-0.05, 0) is 51.0 Å². The van der Waals surface area contributed by atoms with Crippen LogP contribution in [0.3, 0.4) is 0 Å². The molecule has 0 N–H and O–H groups in total. The number of benzene rings is 1. The average Bonchev–Trinajstić information content (AvgIpc) is 3.48. The van der Waals surface area contributed by atoms with Crippen LogP contribution >= 0.6 is 0 Å². The van der Waals surface area contributed by atoms with E-state index in [1.54, 1.807) is 23.2 Å². The minimum atomic E-state index is -0.385. The highest BCUT2D eigenvalue weighted by molar-refractivity contribution is 5.83. The Hall–Kier alpha value is -3.07. The van der Waals surface area contributed by atoms with E-state index in [9.17, 15) is 14.0 Å². The van der Waals surface area contributed by atoms with Gasteiger partial charge in [-0.1, -0.05) is 0 Å². The minimum absolute atomic E-state index is 0.0539. The van der Waals surface area contributed by atoms with E-state index in [-0.39, 0.29) is 42.0 Å². The molecular weight excluding hydrogens is 401 g/mol. The summed E-state index contributed by atoms with van der Waals surface area (Å²) in [6, 6.07) is 5.80. The van der Waals surface area contributed by atoms with Gasteiger partial charge in [0.2, 0.25) is 5.91 Å². The highest BCUT2D eigenvalue weighted by atomic mass is 19.1. The van der Waals surface area contributed by atoms with E-state index in [0.29, 0.717) is 29.7 Å². The molecule has 1 aliphatic heterocycles. The Morgan fingerprint density at radius 1 is 1.16 bits per heavy atom. The van der Waals surface area contributed by atoms with Crippen molar-refractivity contribution in [2.24, 2.45) is 0 Å². The molecule has 31 heavy (non-hydrogen) atoms. The SMILES string of the molecule is C[C@@H]1CN(C(=O)Cn2nc(C3CC3)c3cnn(-c4ccc(F)cc4)c3c2=O)C[C@H](C)O1. The number of aromatic nitrogens is 4. The molecule has 3 heterocycles. The number of carbonyl (C=O) groups excluding carboxylic acids is 1. The summed E-state index contributed by atoms with van der Waals surface area (Å²) in [6.45, 7) is 4.70. The summed E-state index contributed by atoms with van der Waals surface area (Å²) < 4.78 is 21.8. The average molecular weight is 425 g/mol. The Morgan fingerprint density at radius 2 is 1.84 bits per heavy atom. The molecule has 9 heteroatoms. The zero-order chi connectivity index (χ0) is 21.7. The molecule has 1 saturated heterocycles. The van der Waals surface area contributed by atoms with Gasteiger partial charge in [-0.3, -0.25) is 9.59 Å². The fourth-order valence-corrected chi connectivity index (χ4v) is 4.25. The molecule has 1 saturated carbocycles. The standard InChI is InChI=1S/C22H24FN5O3/c1-13-10-26(11-14(2)31-13)19(29)12-27-22(30)21-18(20(25-27)15-3-4-15)9-24-28(21)17-7-5-16(23)6-8-17/h5-9,13-15H,3-4,10-12H2,1-2H3/t13-,14+. The van der Waals surface area contributed by atoms with Crippen LogP contribution in [0.2, 0.25) is 0 Å². The van der Waals surface area contributed by atoms with Crippen molar-refractivity contribution < 1.29 is 13.9 Å². The number of halogens is 1. The number of nitrogens with zero attached hydrogens (tertiary/aromatic N) is 5. The first-order chi connectivity index (χ1) is 14.9. The van der Waals surface area contributed by atoms with Crippen LogP contribution in [0.25, 0.3) is 16.6 Å². The van der Waals surface area contributed by atoms with Gasteiger partial charge in [-0.25, -0.2) is 13.8 Å². The number of ether oxygens (including phenoxy) is 1. The van der Waals surface area contributed by atoms with E-state index in [2.05, 4.69) is 10.2 Å². The lowest BCUT2D eigenvalue weighted by atomic mass is 10.2. The summed E-state index contributed by atoms with van der Waals surface area (Å²) in [5, 5.41) is 9.64. The maximum atomic E-state index is 13.4. The molecule has 1 amide bonds. The molecule has 2 aromatic heterocycles. The van der Waals surface area contributed by atoms with Crippen molar-refractivity contribution in [2.75, 3.05) is 13.1 Å². The van der Waals surface area contributed by atoms with Crippen LogP contribution in [-0.4, -0.2) is 55.7 Å². The monoisotopic (exact) mass is 425 g/mol. The smallest absolute Gasteiger partial charge is 0.293 e. The fourth-order valence-electron chi connectivity index (χ4n) is 4.25. The van der Waals surface area contributed by atoms with Gasteiger partial charge < -0.3 is 9.64 Å². The third kappa shape index (κ3) is 3.74. The molecule has 2 aliphatic rings. The van der Waals surface area contributed by atoms with E-state index in [1.165, 1.54) is 21.5 Å². The van der Waals surface area contributed by atoms with E-state index in [1.807, 2.05) is 13.8 Å². The number of amides is 1. The predicted octanol–water partition coefficient (Wildman–Crippen LogP) is 2.23. The van der Waals surface area contributed by atoms with E-state index in [4.69, 9.17) is 4.74 Å². The maximum absolute atomic E-state index is 13.4. The lowest BCUT2D eigenvalue weighted by molar-refractivity contribution is -0.144. The Bertz CT molecular complexity index is 1190. The normalized spacial score (nSPS) is 21.6. The molecule has 3 aromatic rings. The van der Waals surface area contributed by atoms with Crippen molar-refractivity contribution in [1.29, 1.82) is 0 Å². The van der Waals surface area contributed by atoms with Gasteiger partial charge in [0.25, 0.3) is 5.56 Å². The first-order valence-electron chi connectivity index (χ1n) is 10.6. The Labute approximate surface area is 178 Å². The first kappa shape index (κ1) is 19.9. The van der Waals surface area contributed by atoms with E-state index < -0.39 is 0 Å². The van der Waals surface area contributed by atoms with Gasteiger partial charge in [0.05, 0.1) is 29.8 Å². The number of morpholine rings is 1. The largest absolute Gasteiger partial charge is 0.372 e. The molecule has 0 spiro atoms. The molecule has 0 unspecified atom stereocenters. The van der Waals surface area contributed by atoms with Crippen LogP contribution < -0.4 is 5.56 Å². The summed E-state index contributed by atoms with van der Waals surface area (Å²) in [5.41, 5.74) is 1.35. The second-order valence-corrected chi connectivity index (χ2v) is 8.47. The summed E-state index contributed by atoms with van der Waals surface area (Å²) in [4.78, 5) is 28.1. The van der Waals surface area contributed by atoms with Crippen LogP contribution in [0.15, 0.2) is 35.3 Å². The van der Waals surface area contributed by atoms with Gasteiger partial charge in [0, 0.05) is 24.4 Å². The number of fused-ring (bicyclic) bond motifs is 1. The molecule has 1 aromatic carbocycles. The van der Waals surface area contributed by atoms with Gasteiger partial charge in [-0.2, -0.15) is 10.2 Å². The molecular formula is C22H24FN5O3. The van der Waals surface area contributed by atoms with Crippen LogP contribution in [0.1, 0.15) is 38.3 Å². The summed E-state index contributed by atoms with van der Waals surface area (Å²) in [6.07, 6.45) is 3.52. The molecule has 0 bridgehead atoms. The van der Waals surface area contributed by atoms with E-state index >= 15 is 0 Å². The van der Waals surface area contributed by atoms with Gasteiger partial charge in [-0.15, -0.1) is 0 Å². The van der Waals surface area contributed by atoms with Crippen LogP contribution in [0.4, 0.5) is 4.39 Å². The highest BCUT2D eigenvalue weighted by Gasteiger charge is 2.31. The first-order valence-corrected chi connectivity index (χ1v) is 10.6. The van der Waals surface area contributed by atoms with Crippen LogP contribution in [-0.2, 0) is 16.1 Å². The Morgan fingerprint density at radius 3 is 2.48 bits per heavy atom. The molecule has 2 fully saturated rings. The lowest BCUT2D eigenvalue weighted by Crippen LogP contribution is -2.49. The van der Waals surface area contributed by atoms with Gasteiger partial charge >= 0.3 is 0 Å².